The van der Waals surface area contributed by atoms with E-state index in [0.717, 1.165) is 47.6 Å². The summed E-state index contributed by atoms with van der Waals surface area (Å²) in [5.74, 6) is 1.57. The SMILES string of the molecule is COc1ccc(/C=C2/CCC[C@@H]3C2=NN(C(=O)c2cccc(Cl)c2)[C@H]3c2ccc(OC)cc2)cc1. The molecule has 35 heavy (non-hydrogen) atoms. The molecule has 1 saturated carbocycles. The lowest BCUT2D eigenvalue weighted by Gasteiger charge is -2.29. The molecule has 0 bridgehead atoms. The third kappa shape index (κ3) is 4.69. The minimum atomic E-state index is -0.193. The van der Waals surface area contributed by atoms with Crippen LogP contribution in [0.4, 0.5) is 0 Å². The van der Waals surface area contributed by atoms with E-state index in [9.17, 15) is 4.79 Å². The van der Waals surface area contributed by atoms with E-state index in [1.807, 2.05) is 48.5 Å². The Kier molecular flexibility index (Phi) is 6.60. The number of carbonyl (C=O) groups excluding carboxylic acids is 1. The number of rotatable bonds is 5. The van der Waals surface area contributed by atoms with Gasteiger partial charge in [-0.15, -0.1) is 0 Å². The summed E-state index contributed by atoms with van der Waals surface area (Å²) in [6.45, 7) is 0. The monoisotopic (exact) mass is 486 g/mol. The van der Waals surface area contributed by atoms with E-state index in [4.69, 9.17) is 26.2 Å². The molecule has 0 radical (unpaired) electrons. The van der Waals surface area contributed by atoms with Crippen LogP contribution in [0.2, 0.25) is 5.02 Å². The van der Waals surface area contributed by atoms with E-state index in [-0.39, 0.29) is 17.9 Å². The highest BCUT2D eigenvalue weighted by atomic mass is 35.5. The van der Waals surface area contributed by atoms with Crippen molar-refractivity contribution in [1.82, 2.24) is 5.01 Å². The fourth-order valence-electron chi connectivity index (χ4n) is 4.96. The molecule has 5 nitrogen and oxygen atoms in total. The van der Waals surface area contributed by atoms with Crippen molar-refractivity contribution in [3.63, 3.8) is 0 Å². The van der Waals surface area contributed by atoms with Gasteiger partial charge in [0.1, 0.15) is 11.5 Å². The first-order valence-corrected chi connectivity index (χ1v) is 12.1. The molecule has 1 aliphatic heterocycles. The highest BCUT2D eigenvalue weighted by Crippen LogP contribution is 2.45. The van der Waals surface area contributed by atoms with Crippen LogP contribution in [-0.2, 0) is 0 Å². The molecule has 0 N–H and O–H groups in total. The summed E-state index contributed by atoms with van der Waals surface area (Å²) in [5.41, 5.74) is 4.81. The van der Waals surface area contributed by atoms with Crippen molar-refractivity contribution in [2.24, 2.45) is 11.0 Å². The van der Waals surface area contributed by atoms with Gasteiger partial charge in [-0.3, -0.25) is 4.79 Å². The Morgan fingerprint density at radius 1 is 1.00 bits per heavy atom. The fraction of sp³-hybridized carbons (Fsp3) is 0.241. The number of fused-ring (bicyclic) bond motifs is 1. The third-order valence-electron chi connectivity index (χ3n) is 6.70. The van der Waals surface area contributed by atoms with Crippen LogP contribution < -0.4 is 9.47 Å². The van der Waals surface area contributed by atoms with Crippen molar-refractivity contribution in [3.8, 4) is 11.5 Å². The van der Waals surface area contributed by atoms with Crippen LogP contribution in [0.15, 0.2) is 83.5 Å². The second-order valence-electron chi connectivity index (χ2n) is 8.80. The Morgan fingerprint density at radius 3 is 2.34 bits per heavy atom. The van der Waals surface area contributed by atoms with Crippen molar-refractivity contribution in [3.05, 3.63) is 100 Å². The number of methoxy groups -OCH3 is 2. The van der Waals surface area contributed by atoms with Gasteiger partial charge in [-0.1, -0.05) is 41.9 Å². The molecule has 0 spiro atoms. The quantitative estimate of drug-likeness (QED) is 0.398. The van der Waals surface area contributed by atoms with Crippen LogP contribution in [-0.4, -0.2) is 30.8 Å². The topological polar surface area (TPSA) is 51.1 Å². The zero-order valence-electron chi connectivity index (χ0n) is 19.8. The van der Waals surface area contributed by atoms with Crippen molar-refractivity contribution in [1.29, 1.82) is 0 Å². The molecule has 5 rings (SSSR count). The molecule has 0 saturated heterocycles. The van der Waals surface area contributed by atoms with E-state index in [1.165, 1.54) is 5.57 Å². The number of hydrogen-bond donors (Lipinski definition) is 0. The van der Waals surface area contributed by atoms with Gasteiger partial charge in [0.25, 0.3) is 5.91 Å². The Balaban J connectivity index is 1.56. The van der Waals surface area contributed by atoms with Gasteiger partial charge in [-0.25, -0.2) is 5.01 Å². The van der Waals surface area contributed by atoms with Gasteiger partial charge in [-0.05, 0) is 84.5 Å². The lowest BCUT2D eigenvalue weighted by Crippen LogP contribution is -2.31. The highest BCUT2D eigenvalue weighted by molar-refractivity contribution is 6.31. The summed E-state index contributed by atoms with van der Waals surface area (Å²) in [6.07, 6.45) is 5.12. The van der Waals surface area contributed by atoms with Crippen molar-refractivity contribution < 1.29 is 14.3 Å². The van der Waals surface area contributed by atoms with Crippen molar-refractivity contribution in [2.75, 3.05) is 14.2 Å². The zero-order valence-corrected chi connectivity index (χ0v) is 20.5. The van der Waals surface area contributed by atoms with Gasteiger partial charge >= 0.3 is 0 Å². The average Bonchev–Trinajstić information content (AvgIpc) is 3.29. The summed E-state index contributed by atoms with van der Waals surface area (Å²) in [6, 6.07) is 22.8. The molecule has 1 heterocycles. The summed E-state index contributed by atoms with van der Waals surface area (Å²) >= 11 is 6.20. The lowest BCUT2D eigenvalue weighted by atomic mass is 9.77. The predicted molar refractivity (Wildman–Crippen MR) is 139 cm³/mol. The first-order valence-electron chi connectivity index (χ1n) is 11.7. The maximum Gasteiger partial charge on any atom is 0.274 e. The summed E-state index contributed by atoms with van der Waals surface area (Å²) in [5, 5.41) is 7.14. The van der Waals surface area contributed by atoms with Gasteiger partial charge in [0.05, 0.1) is 26.0 Å². The molecule has 0 aromatic heterocycles. The van der Waals surface area contributed by atoms with E-state index < -0.39 is 0 Å². The van der Waals surface area contributed by atoms with Crippen LogP contribution in [0.25, 0.3) is 6.08 Å². The first kappa shape index (κ1) is 23.2. The third-order valence-corrected chi connectivity index (χ3v) is 6.93. The molecule has 3 aromatic rings. The Morgan fingerprint density at radius 2 is 1.69 bits per heavy atom. The van der Waals surface area contributed by atoms with Gasteiger partial charge < -0.3 is 9.47 Å². The number of halogens is 1. The lowest BCUT2D eigenvalue weighted by molar-refractivity contribution is 0.0681. The normalized spacial score (nSPS) is 20.4. The van der Waals surface area contributed by atoms with E-state index in [1.54, 1.807) is 43.5 Å². The molecule has 1 aliphatic carbocycles. The molecule has 1 fully saturated rings. The maximum atomic E-state index is 13.7. The van der Waals surface area contributed by atoms with Crippen LogP contribution in [0.1, 0.15) is 46.8 Å². The Hall–Kier alpha value is -3.57. The van der Waals surface area contributed by atoms with Crippen LogP contribution >= 0.6 is 11.6 Å². The number of amides is 1. The Bertz CT molecular complexity index is 1280. The zero-order chi connectivity index (χ0) is 24.4. The number of hydrazone groups is 1. The molecular formula is C29H27ClN2O3. The fourth-order valence-corrected chi connectivity index (χ4v) is 5.15. The summed E-state index contributed by atoms with van der Waals surface area (Å²) < 4.78 is 10.6. The number of carbonyl (C=O) groups is 1. The number of hydrogen-bond acceptors (Lipinski definition) is 4. The number of nitrogens with zero attached hydrogens (tertiary/aromatic N) is 2. The second-order valence-corrected chi connectivity index (χ2v) is 9.24. The molecule has 3 aromatic carbocycles. The standard InChI is InChI=1S/C29H27ClN2O3/c1-34-24-13-9-19(10-14-24)17-21-5-4-8-26-27(21)31-32(29(33)22-6-3-7-23(30)18-22)28(26)20-11-15-25(35-2)16-12-20/h3,6-7,9-18,26,28H,4-5,8H2,1-2H3/b21-17-/t26-,28+/m1/s1. The Labute approximate surface area is 210 Å². The van der Waals surface area contributed by atoms with E-state index in [2.05, 4.69) is 6.08 Å². The molecule has 1 amide bonds. The van der Waals surface area contributed by atoms with E-state index in [0.29, 0.717) is 10.6 Å². The number of benzene rings is 3. The summed E-state index contributed by atoms with van der Waals surface area (Å²) in [7, 11) is 3.31. The summed E-state index contributed by atoms with van der Waals surface area (Å²) in [4.78, 5) is 13.7. The molecular weight excluding hydrogens is 460 g/mol. The van der Waals surface area contributed by atoms with Gasteiger partial charge in [0.15, 0.2) is 0 Å². The molecule has 6 heteroatoms. The second kappa shape index (κ2) is 9.96. The van der Waals surface area contributed by atoms with E-state index >= 15 is 0 Å². The van der Waals surface area contributed by atoms with Crippen LogP contribution in [0.3, 0.4) is 0 Å². The molecule has 2 atom stereocenters. The molecule has 178 valence electrons. The van der Waals surface area contributed by atoms with Crippen LogP contribution in [0, 0.1) is 5.92 Å². The van der Waals surface area contributed by atoms with Gasteiger partial charge in [0.2, 0.25) is 0 Å². The van der Waals surface area contributed by atoms with Gasteiger partial charge in [-0.2, -0.15) is 5.10 Å². The smallest absolute Gasteiger partial charge is 0.274 e. The molecule has 0 unspecified atom stereocenters. The van der Waals surface area contributed by atoms with Gasteiger partial charge in [0, 0.05) is 16.5 Å². The van der Waals surface area contributed by atoms with Crippen LogP contribution in [0.5, 0.6) is 11.5 Å². The number of allylic oxidation sites excluding steroid dienone is 1. The largest absolute Gasteiger partial charge is 0.497 e. The minimum Gasteiger partial charge on any atom is -0.497 e. The first-order chi connectivity index (χ1) is 17.1. The number of ether oxygens (including phenoxy) is 2. The highest BCUT2D eigenvalue weighted by Gasteiger charge is 2.44. The van der Waals surface area contributed by atoms with Crippen molar-refractivity contribution >= 4 is 29.3 Å². The minimum absolute atomic E-state index is 0.116. The maximum absolute atomic E-state index is 13.7. The van der Waals surface area contributed by atoms with Crippen molar-refractivity contribution in [2.45, 2.75) is 25.3 Å². The molecule has 2 aliphatic rings. The average molecular weight is 487 g/mol. The predicted octanol–water partition coefficient (Wildman–Crippen LogP) is 6.79.